The van der Waals surface area contributed by atoms with Gasteiger partial charge in [0.25, 0.3) is 5.91 Å². The molecule has 0 aliphatic carbocycles. The first kappa shape index (κ1) is 42.0. The van der Waals surface area contributed by atoms with Crippen molar-refractivity contribution in [2.45, 2.75) is 63.7 Å². The summed E-state index contributed by atoms with van der Waals surface area (Å²) in [5, 5.41) is 8.09. The predicted octanol–water partition coefficient (Wildman–Crippen LogP) is 8.75. The summed E-state index contributed by atoms with van der Waals surface area (Å²) in [6.07, 6.45) is 5.43. The van der Waals surface area contributed by atoms with Crippen molar-refractivity contribution in [2.75, 3.05) is 27.3 Å². The highest BCUT2D eigenvalue weighted by molar-refractivity contribution is 6.30. The van der Waals surface area contributed by atoms with Crippen LogP contribution in [0.2, 0.25) is 5.02 Å². The van der Waals surface area contributed by atoms with Gasteiger partial charge in [-0.05, 0) is 88.9 Å². The number of carbonyl (C=O) groups excluding carboxylic acids is 4. The van der Waals surface area contributed by atoms with Crippen LogP contribution in [-0.2, 0) is 19.1 Å². The number of amides is 4. The summed E-state index contributed by atoms with van der Waals surface area (Å²) in [4.78, 5) is 71.8. The molecule has 0 radical (unpaired) electrons. The largest absolute Gasteiger partial charge is 0.453 e. The number of fused-ring (bicyclic) bond motifs is 1. The maximum Gasteiger partial charge on any atom is 0.407 e. The fourth-order valence-corrected chi connectivity index (χ4v) is 8.66. The molecule has 4 amide bonds. The first-order chi connectivity index (χ1) is 30.0. The molecule has 2 saturated heterocycles. The molecule has 4 heterocycles. The molecule has 2 aliphatic heterocycles. The topological polar surface area (TPSA) is 175 Å². The summed E-state index contributed by atoms with van der Waals surface area (Å²) in [6, 6.07) is 25.7. The van der Waals surface area contributed by atoms with Gasteiger partial charge in [0.2, 0.25) is 5.91 Å². The lowest BCUT2D eigenvalue weighted by molar-refractivity contribution is -0.135. The molecule has 2 aliphatic rings. The highest BCUT2D eigenvalue weighted by Gasteiger charge is 2.39. The van der Waals surface area contributed by atoms with Gasteiger partial charge in [0.05, 0.1) is 50.1 Å². The molecular weight excluding hydrogens is 808 g/mol. The van der Waals surface area contributed by atoms with Gasteiger partial charge in [-0.25, -0.2) is 19.6 Å². The van der Waals surface area contributed by atoms with Crippen molar-refractivity contribution in [2.24, 2.45) is 5.92 Å². The number of aromatic amines is 2. The van der Waals surface area contributed by atoms with E-state index >= 15 is 0 Å². The van der Waals surface area contributed by atoms with Crippen molar-refractivity contribution < 1.29 is 28.7 Å². The van der Waals surface area contributed by atoms with Gasteiger partial charge in [-0.1, -0.05) is 86.1 Å². The van der Waals surface area contributed by atoms with Crippen LogP contribution >= 0.6 is 11.6 Å². The molecule has 0 saturated carbocycles. The third-order valence-electron chi connectivity index (χ3n) is 11.9. The average molecular weight is 857 g/mol. The van der Waals surface area contributed by atoms with E-state index in [1.807, 2.05) is 24.9 Å². The number of methoxy groups -OCH3 is 2. The smallest absolute Gasteiger partial charge is 0.407 e. The number of nitrogens with one attached hydrogen (secondary N) is 4. The molecule has 4 N–H and O–H groups in total. The van der Waals surface area contributed by atoms with Crippen LogP contribution in [0, 0.1) is 5.92 Å². The normalized spacial score (nSPS) is 17.3. The van der Waals surface area contributed by atoms with Crippen molar-refractivity contribution in [1.82, 2.24) is 40.4 Å². The maximum absolute atomic E-state index is 14.0. The molecule has 14 nitrogen and oxygen atoms in total. The number of H-pyrrole nitrogens is 2. The van der Waals surface area contributed by atoms with Crippen molar-refractivity contribution in [3.63, 3.8) is 0 Å². The van der Waals surface area contributed by atoms with E-state index in [-0.39, 0.29) is 29.8 Å². The first-order valence-corrected chi connectivity index (χ1v) is 21.2. The van der Waals surface area contributed by atoms with Crippen LogP contribution in [-0.4, -0.2) is 87.1 Å². The maximum atomic E-state index is 14.0. The third kappa shape index (κ3) is 8.73. The van der Waals surface area contributed by atoms with Crippen molar-refractivity contribution in [3.8, 4) is 33.6 Å². The molecule has 6 aromatic rings. The summed E-state index contributed by atoms with van der Waals surface area (Å²) in [7, 11) is 2.56. The highest BCUT2D eigenvalue weighted by Crippen LogP contribution is 2.36. The number of likely N-dealkylation sites (tertiary alicyclic amines) is 2. The van der Waals surface area contributed by atoms with Crippen LogP contribution in [0.5, 0.6) is 0 Å². The molecule has 0 bridgehead atoms. The SMILES string of the molecule is COC(=O)N[C@H](C(=O)N1CCC[C@H]1c1ncc(-c2ccc(-c3ccc4cc(-c5cnc([C@@H]6CCCN6C(=O)[C@@H](NC(=O)OC)C(C)C)[nH]5)ccc4c3)cc2)[nH]1)c1ccc(Cl)cc1. The number of carbonyl (C=O) groups is 4. The van der Waals surface area contributed by atoms with Gasteiger partial charge in [0.1, 0.15) is 23.7 Å². The lowest BCUT2D eigenvalue weighted by Gasteiger charge is -2.30. The van der Waals surface area contributed by atoms with Crippen molar-refractivity contribution >= 4 is 46.4 Å². The number of ether oxygens (including phenoxy) is 2. The number of alkyl carbamates (subject to hydrolysis) is 2. The Balaban J connectivity index is 0.942. The summed E-state index contributed by atoms with van der Waals surface area (Å²) in [5.41, 5.74) is 6.39. The first-order valence-electron chi connectivity index (χ1n) is 20.8. The van der Waals surface area contributed by atoms with E-state index < -0.39 is 24.3 Å². The standard InChI is InChI=1S/C47H49ClN8O6/c1-27(2)40(53-46(59)61-3)44(57)55-21-5-7-38(55)43-50-26-37(52-43)34-16-15-32-23-31(13-14-33(32)24-34)28-9-11-29(12-10-28)36-25-49-42(51-36)39-8-6-22-56(39)45(58)41(54-47(60)62-4)30-17-19-35(48)20-18-30/h9-20,23-27,38-41H,5-8,21-22H2,1-4H3,(H,49,51)(H,50,52)(H,53,59)(H,54,60)/t38-,39-,40-,41-/m0/s1. The Morgan fingerprint density at radius 2 is 1.16 bits per heavy atom. The minimum Gasteiger partial charge on any atom is -0.453 e. The molecule has 0 unspecified atom stereocenters. The lowest BCUT2D eigenvalue weighted by atomic mass is 9.98. The van der Waals surface area contributed by atoms with Crippen LogP contribution in [0.25, 0.3) is 44.4 Å². The van der Waals surface area contributed by atoms with E-state index in [1.165, 1.54) is 14.2 Å². The Morgan fingerprint density at radius 3 is 1.74 bits per heavy atom. The fourth-order valence-electron chi connectivity index (χ4n) is 8.53. The van der Waals surface area contributed by atoms with E-state index in [4.69, 9.17) is 31.0 Å². The van der Waals surface area contributed by atoms with Gasteiger partial charge < -0.3 is 39.9 Å². The zero-order chi connectivity index (χ0) is 43.5. The van der Waals surface area contributed by atoms with E-state index in [1.54, 1.807) is 35.4 Å². The van der Waals surface area contributed by atoms with Crippen LogP contribution in [0.1, 0.15) is 74.9 Å². The summed E-state index contributed by atoms with van der Waals surface area (Å²) >= 11 is 6.10. The summed E-state index contributed by atoms with van der Waals surface area (Å²) in [5.74, 6) is 0.902. The molecular formula is C47H49ClN8O6. The number of benzene rings is 4. The van der Waals surface area contributed by atoms with Crippen molar-refractivity contribution in [1.29, 1.82) is 0 Å². The molecule has 2 aromatic heterocycles. The zero-order valence-corrected chi connectivity index (χ0v) is 35.7. The van der Waals surface area contributed by atoms with E-state index in [0.29, 0.717) is 29.5 Å². The van der Waals surface area contributed by atoms with E-state index in [2.05, 4.69) is 81.3 Å². The van der Waals surface area contributed by atoms with E-state index in [0.717, 1.165) is 75.9 Å². The zero-order valence-electron chi connectivity index (χ0n) is 35.0. The second-order valence-corrected chi connectivity index (χ2v) is 16.5. The van der Waals surface area contributed by atoms with Crippen LogP contribution in [0.15, 0.2) is 97.3 Å². The number of hydrogen-bond donors (Lipinski definition) is 4. The van der Waals surface area contributed by atoms with Crippen LogP contribution in [0.3, 0.4) is 0 Å². The van der Waals surface area contributed by atoms with Gasteiger partial charge in [-0.2, -0.15) is 0 Å². The second-order valence-electron chi connectivity index (χ2n) is 16.1. The van der Waals surface area contributed by atoms with E-state index in [9.17, 15) is 19.2 Å². The molecule has 320 valence electrons. The Labute approximate surface area is 364 Å². The highest BCUT2D eigenvalue weighted by atomic mass is 35.5. The fraction of sp³-hybridized carbons (Fsp3) is 0.319. The Hall–Kier alpha value is -6.67. The Kier molecular flexibility index (Phi) is 12.3. The van der Waals surface area contributed by atoms with Crippen LogP contribution in [0.4, 0.5) is 9.59 Å². The van der Waals surface area contributed by atoms with Gasteiger partial charge >= 0.3 is 12.2 Å². The van der Waals surface area contributed by atoms with Gasteiger partial charge in [0, 0.05) is 23.7 Å². The second kappa shape index (κ2) is 18.1. The number of aromatic nitrogens is 4. The Bertz CT molecular complexity index is 2590. The van der Waals surface area contributed by atoms with Gasteiger partial charge in [-0.15, -0.1) is 0 Å². The van der Waals surface area contributed by atoms with Gasteiger partial charge in [0.15, 0.2) is 0 Å². The molecule has 2 fully saturated rings. The minimum atomic E-state index is -0.944. The van der Waals surface area contributed by atoms with Crippen LogP contribution < -0.4 is 10.6 Å². The minimum absolute atomic E-state index is 0.111. The average Bonchev–Trinajstić information content (AvgIpc) is 4.14. The molecule has 15 heteroatoms. The summed E-state index contributed by atoms with van der Waals surface area (Å²) in [6.45, 7) is 4.92. The summed E-state index contributed by atoms with van der Waals surface area (Å²) < 4.78 is 9.60. The number of halogens is 1. The Morgan fingerprint density at radius 1 is 0.661 bits per heavy atom. The predicted molar refractivity (Wildman–Crippen MR) is 236 cm³/mol. The molecule has 4 aromatic carbocycles. The monoisotopic (exact) mass is 856 g/mol. The molecule has 0 spiro atoms. The molecule has 8 rings (SSSR count). The molecule has 4 atom stereocenters. The quantitative estimate of drug-likeness (QED) is 0.100. The molecule has 62 heavy (non-hydrogen) atoms. The number of nitrogens with zero attached hydrogens (tertiary/aromatic N) is 4. The van der Waals surface area contributed by atoms with Crippen molar-refractivity contribution in [3.05, 3.63) is 120 Å². The number of imidazole rings is 2. The third-order valence-corrected chi connectivity index (χ3v) is 12.1. The lowest BCUT2D eigenvalue weighted by Crippen LogP contribution is -2.51. The number of rotatable bonds is 11. The van der Waals surface area contributed by atoms with Gasteiger partial charge in [-0.3, -0.25) is 9.59 Å². The number of hydrogen-bond acceptors (Lipinski definition) is 8.